The molecular weight excluding hydrogens is 230 g/mol. The number of rotatable bonds is 3. The Bertz CT molecular complexity index is 466. The Morgan fingerprint density at radius 1 is 1.62 bits per heavy atom. The van der Waals surface area contributed by atoms with Crippen LogP contribution in [-0.2, 0) is 16.3 Å². The first-order valence-corrected chi connectivity index (χ1v) is 7.07. The van der Waals surface area contributed by atoms with Crippen LogP contribution < -0.4 is 5.73 Å². The van der Waals surface area contributed by atoms with E-state index in [1.165, 1.54) is 0 Å². The Hall–Kier alpha value is -0.950. The zero-order valence-corrected chi connectivity index (χ0v) is 9.90. The highest BCUT2D eigenvalue weighted by Gasteiger charge is 2.32. The van der Waals surface area contributed by atoms with E-state index in [4.69, 9.17) is 10.3 Å². The van der Waals surface area contributed by atoms with Gasteiger partial charge in [0.2, 0.25) is 5.89 Å². The molecule has 0 bridgehead atoms. The molecule has 1 aromatic heterocycles. The zero-order valence-electron chi connectivity index (χ0n) is 9.09. The van der Waals surface area contributed by atoms with Gasteiger partial charge in [-0.15, -0.1) is 0 Å². The Balaban J connectivity index is 2.08. The van der Waals surface area contributed by atoms with Gasteiger partial charge in [-0.05, 0) is 13.3 Å². The summed E-state index contributed by atoms with van der Waals surface area (Å²) in [7, 11) is -2.91. The molecule has 1 aromatic rings. The lowest BCUT2D eigenvalue weighted by molar-refractivity contribution is 0.355. The van der Waals surface area contributed by atoms with Crippen LogP contribution in [0.25, 0.3) is 0 Å². The first kappa shape index (κ1) is 11.5. The average molecular weight is 245 g/mol. The molecule has 16 heavy (non-hydrogen) atoms. The van der Waals surface area contributed by atoms with Crippen LogP contribution in [0.1, 0.15) is 31.0 Å². The Kier molecular flexibility index (Phi) is 2.98. The maximum atomic E-state index is 11.3. The summed E-state index contributed by atoms with van der Waals surface area (Å²) in [5.74, 6) is 1.17. The Morgan fingerprint density at radius 3 is 2.94 bits per heavy atom. The van der Waals surface area contributed by atoms with Crippen molar-refractivity contribution in [3.63, 3.8) is 0 Å². The van der Waals surface area contributed by atoms with Crippen molar-refractivity contribution in [2.24, 2.45) is 5.73 Å². The van der Waals surface area contributed by atoms with Gasteiger partial charge in [0.1, 0.15) is 0 Å². The summed E-state index contributed by atoms with van der Waals surface area (Å²) >= 11 is 0. The van der Waals surface area contributed by atoms with Gasteiger partial charge in [0.05, 0.1) is 17.4 Å². The van der Waals surface area contributed by atoms with Crippen LogP contribution in [0.4, 0.5) is 0 Å². The van der Waals surface area contributed by atoms with E-state index in [1.807, 2.05) is 6.92 Å². The van der Waals surface area contributed by atoms with Crippen molar-refractivity contribution in [1.29, 1.82) is 0 Å². The molecule has 1 fully saturated rings. The van der Waals surface area contributed by atoms with Crippen LogP contribution in [0.5, 0.6) is 0 Å². The van der Waals surface area contributed by atoms with Crippen LogP contribution in [0.15, 0.2) is 4.52 Å². The second kappa shape index (κ2) is 4.14. The van der Waals surface area contributed by atoms with Gasteiger partial charge in [-0.1, -0.05) is 5.16 Å². The molecule has 1 aliphatic rings. The lowest BCUT2D eigenvalue weighted by Gasteiger charge is -1.99. The predicted octanol–water partition coefficient (Wildman–Crippen LogP) is -0.139. The molecule has 6 nitrogen and oxygen atoms in total. The van der Waals surface area contributed by atoms with Crippen molar-refractivity contribution >= 4 is 9.84 Å². The highest BCUT2D eigenvalue weighted by atomic mass is 32.2. The van der Waals surface area contributed by atoms with E-state index >= 15 is 0 Å². The molecule has 0 radical (unpaired) electrons. The molecule has 2 N–H and O–H groups in total. The molecule has 0 amide bonds. The normalized spacial score (nSPS) is 25.8. The van der Waals surface area contributed by atoms with Gasteiger partial charge in [0.15, 0.2) is 15.7 Å². The SMILES string of the molecule is CC(N)Cc1noc(C2CCS(=O)(=O)C2)n1. The summed E-state index contributed by atoms with van der Waals surface area (Å²) in [4.78, 5) is 4.18. The Labute approximate surface area is 94.1 Å². The fourth-order valence-electron chi connectivity index (χ4n) is 1.79. The molecule has 2 rings (SSSR count). The van der Waals surface area contributed by atoms with E-state index < -0.39 is 9.84 Å². The summed E-state index contributed by atoms with van der Waals surface area (Å²) in [6, 6.07) is -0.0299. The summed E-state index contributed by atoms with van der Waals surface area (Å²) in [6.45, 7) is 1.86. The van der Waals surface area contributed by atoms with E-state index in [9.17, 15) is 8.42 Å². The van der Waals surface area contributed by atoms with Gasteiger partial charge in [-0.3, -0.25) is 0 Å². The Morgan fingerprint density at radius 2 is 2.38 bits per heavy atom. The third-order valence-electron chi connectivity index (χ3n) is 2.57. The van der Waals surface area contributed by atoms with Crippen LogP contribution in [-0.4, -0.2) is 36.1 Å². The molecule has 1 saturated heterocycles. The second-order valence-corrected chi connectivity index (χ2v) is 6.56. The highest BCUT2D eigenvalue weighted by Crippen LogP contribution is 2.27. The number of nitrogens with two attached hydrogens (primary N) is 1. The van der Waals surface area contributed by atoms with Crippen LogP contribution in [0, 0.1) is 0 Å². The van der Waals surface area contributed by atoms with Crippen molar-refractivity contribution in [3.05, 3.63) is 11.7 Å². The maximum Gasteiger partial charge on any atom is 0.230 e. The summed E-state index contributed by atoms with van der Waals surface area (Å²) in [5, 5.41) is 3.79. The van der Waals surface area contributed by atoms with Crippen molar-refractivity contribution in [2.45, 2.75) is 31.7 Å². The smallest absolute Gasteiger partial charge is 0.230 e. The summed E-state index contributed by atoms with van der Waals surface area (Å²) in [5.41, 5.74) is 5.61. The maximum absolute atomic E-state index is 11.3. The molecular formula is C9H15N3O3S. The van der Waals surface area contributed by atoms with E-state index in [2.05, 4.69) is 10.1 Å². The van der Waals surface area contributed by atoms with E-state index in [1.54, 1.807) is 0 Å². The number of hydrogen-bond acceptors (Lipinski definition) is 6. The van der Waals surface area contributed by atoms with E-state index in [0.717, 1.165) is 0 Å². The van der Waals surface area contributed by atoms with Crippen molar-refractivity contribution < 1.29 is 12.9 Å². The number of aromatic nitrogens is 2. The molecule has 0 saturated carbocycles. The first-order valence-electron chi connectivity index (χ1n) is 5.25. The van der Waals surface area contributed by atoms with Gasteiger partial charge >= 0.3 is 0 Å². The highest BCUT2D eigenvalue weighted by molar-refractivity contribution is 7.91. The summed E-state index contributed by atoms with van der Waals surface area (Å²) in [6.07, 6.45) is 1.12. The molecule has 90 valence electrons. The second-order valence-electron chi connectivity index (χ2n) is 4.33. The fraction of sp³-hybridized carbons (Fsp3) is 0.778. The largest absolute Gasteiger partial charge is 0.339 e. The molecule has 1 aliphatic heterocycles. The predicted molar refractivity (Wildman–Crippen MR) is 57.7 cm³/mol. The summed E-state index contributed by atoms with van der Waals surface area (Å²) < 4.78 is 27.6. The van der Waals surface area contributed by atoms with Gasteiger partial charge in [-0.2, -0.15) is 4.98 Å². The number of sulfone groups is 1. The average Bonchev–Trinajstić information content (AvgIpc) is 2.71. The minimum Gasteiger partial charge on any atom is -0.339 e. The van der Waals surface area contributed by atoms with Crippen LogP contribution >= 0.6 is 0 Å². The number of hydrogen-bond donors (Lipinski definition) is 1. The fourth-order valence-corrected chi connectivity index (χ4v) is 3.53. The third kappa shape index (κ3) is 2.59. The van der Waals surface area contributed by atoms with Gasteiger partial charge in [0, 0.05) is 12.5 Å². The molecule has 7 heteroatoms. The van der Waals surface area contributed by atoms with Gasteiger partial charge in [0.25, 0.3) is 0 Å². The van der Waals surface area contributed by atoms with Gasteiger partial charge < -0.3 is 10.3 Å². The molecule has 2 atom stereocenters. The molecule has 2 unspecified atom stereocenters. The molecule has 0 aliphatic carbocycles. The minimum atomic E-state index is -2.91. The minimum absolute atomic E-state index is 0.0299. The van der Waals surface area contributed by atoms with Crippen molar-refractivity contribution in [1.82, 2.24) is 10.1 Å². The zero-order chi connectivity index (χ0) is 11.8. The molecule has 0 spiro atoms. The van der Waals surface area contributed by atoms with E-state index in [-0.39, 0.29) is 23.5 Å². The van der Waals surface area contributed by atoms with Crippen LogP contribution in [0.3, 0.4) is 0 Å². The lowest BCUT2D eigenvalue weighted by Crippen LogP contribution is -2.18. The van der Waals surface area contributed by atoms with Crippen LogP contribution in [0.2, 0.25) is 0 Å². The monoisotopic (exact) mass is 245 g/mol. The van der Waals surface area contributed by atoms with Crippen molar-refractivity contribution in [3.8, 4) is 0 Å². The lowest BCUT2D eigenvalue weighted by atomic mass is 10.1. The third-order valence-corrected chi connectivity index (χ3v) is 4.34. The number of nitrogens with zero attached hydrogens (tertiary/aromatic N) is 2. The van der Waals surface area contributed by atoms with E-state index in [0.29, 0.717) is 24.6 Å². The first-order chi connectivity index (χ1) is 7.46. The van der Waals surface area contributed by atoms with Crippen molar-refractivity contribution in [2.75, 3.05) is 11.5 Å². The van der Waals surface area contributed by atoms with Gasteiger partial charge in [-0.25, -0.2) is 8.42 Å². The quantitative estimate of drug-likeness (QED) is 0.795. The standard InChI is InChI=1S/C9H15N3O3S/c1-6(10)4-8-11-9(15-12-8)7-2-3-16(13,14)5-7/h6-7H,2-5,10H2,1H3. The molecule has 0 aromatic carbocycles. The molecule has 2 heterocycles. The topological polar surface area (TPSA) is 99.1 Å².